The van der Waals surface area contributed by atoms with Gasteiger partial charge in [-0.3, -0.25) is 23.0 Å². The lowest BCUT2D eigenvalue weighted by Gasteiger charge is -2.59. The summed E-state index contributed by atoms with van der Waals surface area (Å²) in [5.41, 5.74) is 6.13. The number of anilines is 1. The molecule has 5 fully saturated rings. The van der Waals surface area contributed by atoms with Gasteiger partial charge < -0.3 is 11.1 Å². The molecule has 1 aromatic rings. The molecular weight excluding hydrogens is 428 g/mol. The highest BCUT2D eigenvalue weighted by molar-refractivity contribution is 8.23. The first-order chi connectivity index (χ1) is 15.2. The molecule has 4 aliphatic carbocycles. The number of rotatable bonds is 5. The number of nitrogens with two attached hydrogens (primary N) is 1. The van der Waals surface area contributed by atoms with Gasteiger partial charge in [0, 0.05) is 24.5 Å². The summed E-state index contributed by atoms with van der Waals surface area (Å²) >= 11 is 0. The van der Waals surface area contributed by atoms with Crippen LogP contribution in [-0.2, 0) is 9.59 Å². The molecule has 1 aliphatic heterocycles. The van der Waals surface area contributed by atoms with Gasteiger partial charge in [-0.25, -0.2) is 0 Å². The number of nitrogens with one attached hydrogen (secondary N) is 1. The van der Waals surface area contributed by atoms with Crippen molar-refractivity contribution in [2.24, 2.45) is 34.8 Å². The highest BCUT2D eigenvalue weighted by Crippen LogP contribution is 2.60. The van der Waals surface area contributed by atoms with Gasteiger partial charge in [0.05, 0.1) is 12.2 Å². The molecule has 2 amide bonds. The van der Waals surface area contributed by atoms with Gasteiger partial charge in [0.2, 0.25) is 11.8 Å². The van der Waals surface area contributed by atoms with E-state index in [4.69, 9.17) is 5.73 Å². The van der Waals surface area contributed by atoms with Gasteiger partial charge in [0.1, 0.15) is 0 Å². The minimum Gasteiger partial charge on any atom is -0.369 e. The Balaban J connectivity index is 1.28. The lowest BCUT2D eigenvalue weighted by Crippen LogP contribution is -2.63. The molecule has 3 atom stereocenters. The van der Waals surface area contributed by atoms with Crippen molar-refractivity contribution in [2.45, 2.75) is 45.1 Å². The molecule has 4 bridgehead atoms. The highest BCUT2D eigenvalue weighted by atomic mass is 32.3. The van der Waals surface area contributed by atoms with Gasteiger partial charge in [0.25, 0.3) is 0 Å². The molecule has 5 aliphatic rings. The Kier molecular flexibility index (Phi) is 5.43. The van der Waals surface area contributed by atoms with Crippen molar-refractivity contribution in [2.75, 3.05) is 23.9 Å². The number of nitrogens with zero attached hydrogens (tertiary/aromatic N) is 2. The number of carbonyl (C=O) groups excluding carboxylic acids is 2. The van der Waals surface area contributed by atoms with Crippen molar-refractivity contribution < 1.29 is 18.7 Å². The zero-order chi connectivity index (χ0) is 22.7. The van der Waals surface area contributed by atoms with E-state index >= 15 is 0 Å². The number of hydrogen-bond donors (Lipinski definition) is 4. The van der Waals surface area contributed by atoms with Crippen LogP contribution >= 0.6 is 11.0 Å². The first kappa shape index (κ1) is 22.0. The molecule has 0 radical (unpaired) electrons. The molecule has 1 heterocycles. The fraction of sp³-hybridized carbons (Fsp3) is 0.652. The van der Waals surface area contributed by atoms with E-state index in [0.29, 0.717) is 19.0 Å². The van der Waals surface area contributed by atoms with Gasteiger partial charge >= 0.3 is 0 Å². The van der Waals surface area contributed by atoms with Gasteiger partial charge in [0.15, 0.2) is 0 Å². The lowest BCUT2D eigenvalue weighted by molar-refractivity contribution is -0.147. The zero-order valence-corrected chi connectivity index (χ0v) is 19.3. The predicted molar refractivity (Wildman–Crippen MR) is 124 cm³/mol. The lowest BCUT2D eigenvalue weighted by atomic mass is 9.47. The summed E-state index contributed by atoms with van der Waals surface area (Å²) in [4.78, 5) is 25.2. The standard InChI is InChI=1S/C23H34N4O4S/c1-15-12-26(32(30,31)27(13-15)19-5-3-2-4-6-19)14-20(28)25-21-17-7-16-8-18(21)11-23(9-16,10-17)22(24)29/h2-6,15-18,21,30-31H,7-14H2,1H3,(H2,24,29)(H,25,28). The van der Waals surface area contributed by atoms with Gasteiger partial charge in [-0.15, -0.1) is 0 Å². The van der Waals surface area contributed by atoms with E-state index in [0.717, 1.165) is 37.8 Å². The summed E-state index contributed by atoms with van der Waals surface area (Å²) in [5, 5.41) is 3.21. The fourth-order valence-corrected chi connectivity index (χ4v) is 8.86. The van der Waals surface area contributed by atoms with Crippen LogP contribution in [0, 0.1) is 29.1 Å². The van der Waals surface area contributed by atoms with Crippen LogP contribution in [-0.4, -0.2) is 50.9 Å². The maximum absolute atomic E-state index is 13.1. The van der Waals surface area contributed by atoms with Crippen molar-refractivity contribution in [1.29, 1.82) is 0 Å². The third-order valence-corrected chi connectivity index (χ3v) is 10.0. The second-order valence-corrected chi connectivity index (χ2v) is 12.5. The van der Waals surface area contributed by atoms with Crippen LogP contribution in [0.25, 0.3) is 0 Å². The Morgan fingerprint density at radius 1 is 1.12 bits per heavy atom. The smallest absolute Gasteiger partial charge is 0.236 e. The molecule has 5 N–H and O–H groups in total. The maximum Gasteiger partial charge on any atom is 0.236 e. The van der Waals surface area contributed by atoms with Crippen molar-refractivity contribution in [3.05, 3.63) is 30.3 Å². The van der Waals surface area contributed by atoms with E-state index in [9.17, 15) is 18.7 Å². The van der Waals surface area contributed by atoms with E-state index in [1.807, 2.05) is 30.3 Å². The van der Waals surface area contributed by atoms with Crippen LogP contribution in [0.2, 0.25) is 0 Å². The molecule has 0 spiro atoms. The van der Waals surface area contributed by atoms with Gasteiger partial charge in [-0.05, 0) is 78.9 Å². The molecule has 0 aromatic heterocycles. The SMILES string of the molecule is CC1CN(CC(=O)NC2C3CC4CC2CC(C(N)=O)(C4)C3)S(O)(O)N(c2ccccc2)C1. The topological polar surface area (TPSA) is 119 Å². The molecule has 3 unspecified atom stereocenters. The molecule has 176 valence electrons. The number of hydrogen-bond acceptors (Lipinski definition) is 6. The van der Waals surface area contributed by atoms with Gasteiger partial charge in [-0.2, -0.15) is 4.31 Å². The predicted octanol–water partition coefficient (Wildman–Crippen LogP) is 2.82. The molecule has 8 nitrogen and oxygen atoms in total. The first-order valence-electron chi connectivity index (χ1n) is 11.6. The first-order valence-corrected chi connectivity index (χ1v) is 13.1. The van der Waals surface area contributed by atoms with Crippen LogP contribution in [0.1, 0.15) is 39.0 Å². The summed E-state index contributed by atoms with van der Waals surface area (Å²) in [7, 11) is -3.28. The van der Waals surface area contributed by atoms with E-state index < -0.39 is 11.0 Å². The van der Waals surface area contributed by atoms with Crippen LogP contribution < -0.4 is 15.4 Å². The van der Waals surface area contributed by atoms with Crippen molar-refractivity contribution in [1.82, 2.24) is 9.62 Å². The number of carbonyl (C=O) groups is 2. The van der Waals surface area contributed by atoms with Crippen molar-refractivity contribution in [3.8, 4) is 0 Å². The second-order valence-electron chi connectivity index (χ2n) is 10.5. The molecule has 6 rings (SSSR count). The summed E-state index contributed by atoms with van der Waals surface area (Å²) in [5.74, 6) is 0.900. The van der Waals surface area contributed by atoms with Crippen molar-refractivity contribution in [3.63, 3.8) is 0 Å². The average molecular weight is 463 g/mol. The number of primary amides is 1. The van der Waals surface area contributed by atoms with Crippen molar-refractivity contribution >= 4 is 28.5 Å². The largest absolute Gasteiger partial charge is 0.369 e. The Labute approximate surface area is 191 Å². The maximum atomic E-state index is 13.1. The quantitative estimate of drug-likeness (QED) is 0.534. The molecule has 1 saturated heterocycles. The summed E-state index contributed by atoms with van der Waals surface area (Å²) < 4.78 is 25.3. The number of para-hydroxylation sites is 1. The van der Waals surface area contributed by atoms with Crippen LogP contribution in [0.5, 0.6) is 0 Å². The normalized spacial score (nSPS) is 39.0. The minimum absolute atomic E-state index is 0.0424. The molecule has 9 heteroatoms. The van der Waals surface area contributed by atoms with E-state index in [1.54, 1.807) is 4.31 Å². The number of amides is 2. The minimum atomic E-state index is -3.28. The monoisotopic (exact) mass is 462 g/mol. The number of benzene rings is 1. The second kappa shape index (κ2) is 7.90. The molecule has 32 heavy (non-hydrogen) atoms. The van der Waals surface area contributed by atoms with Crippen LogP contribution in [0.4, 0.5) is 5.69 Å². The summed E-state index contributed by atoms with van der Waals surface area (Å²) in [6.45, 7) is 2.96. The Morgan fingerprint density at radius 2 is 1.78 bits per heavy atom. The Bertz CT molecular complexity index is 881. The van der Waals surface area contributed by atoms with Crippen LogP contribution in [0.15, 0.2) is 30.3 Å². The average Bonchev–Trinajstić information content (AvgIpc) is 2.73. The Hall–Kier alpha value is -1.81. The van der Waals surface area contributed by atoms with E-state index in [1.165, 1.54) is 4.31 Å². The van der Waals surface area contributed by atoms with E-state index in [-0.39, 0.29) is 47.6 Å². The molecule has 4 saturated carbocycles. The third-order valence-electron chi connectivity index (χ3n) is 8.12. The molecular formula is C23H34N4O4S. The Morgan fingerprint density at radius 3 is 2.41 bits per heavy atom. The third kappa shape index (κ3) is 3.69. The highest BCUT2D eigenvalue weighted by Gasteiger charge is 2.58. The van der Waals surface area contributed by atoms with Crippen LogP contribution in [0.3, 0.4) is 0 Å². The summed E-state index contributed by atoms with van der Waals surface area (Å²) in [6.07, 6.45) is 4.50. The van der Waals surface area contributed by atoms with E-state index in [2.05, 4.69) is 12.2 Å². The summed E-state index contributed by atoms with van der Waals surface area (Å²) in [6, 6.07) is 9.38. The van der Waals surface area contributed by atoms with Gasteiger partial charge in [-0.1, -0.05) is 25.1 Å². The zero-order valence-electron chi connectivity index (χ0n) is 18.5. The molecule has 1 aromatic carbocycles. The fourth-order valence-electron chi connectivity index (χ4n) is 6.97.